The van der Waals surface area contributed by atoms with Gasteiger partial charge >= 0.3 is 5.97 Å². The van der Waals surface area contributed by atoms with Crippen molar-refractivity contribution >= 4 is 5.97 Å². The van der Waals surface area contributed by atoms with Crippen LogP contribution < -0.4 is 0 Å². The van der Waals surface area contributed by atoms with Crippen LogP contribution in [0, 0.1) is 5.92 Å². The molecule has 0 N–H and O–H groups in total. The number of hydrogen-bond donors (Lipinski definition) is 0. The Bertz CT molecular complexity index is 231. The first-order chi connectivity index (χ1) is 10.2. The quantitative estimate of drug-likeness (QED) is 0.339. The number of hydrogen-bond acceptors (Lipinski definition) is 4. The maximum absolute atomic E-state index is 11.2. The van der Waals surface area contributed by atoms with E-state index in [-0.39, 0.29) is 5.97 Å². The van der Waals surface area contributed by atoms with E-state index in [1.54, 1.807) is 0 Å². The molecule has 1 unspecified atom stereocenters. The molecule has 0 aliphatic heterocycles. The smallest absolute Gasteiger partial charge is 0.305 e. The normalized spacial score (nSPS) is 12.3. The lowest BCUT2D eigenvalue weighted by Crippen LogP contribution is -2.13. The van der Waals surface area contributed by atoms with Crippen LogP contribution in [-0.4, -0.2) is 39.0 Å². The Morgan fingerprint density at radius 3 is 2.33 bits per heavy atom. The summed E-state index contributed by atoms with van der Waals surface area (Å²) < 4.78 is 16.1. The van der Waals surface area contributed by atoms with Crippen LogP contribution in [0.1, 0.15) is 65.7 Å². The summed E-state index contributed by atoms with van der Waals surface area (Å²) in [5.74, 6) is 0.552. The Kier molecular flexibility index (Phi) is 15.3. The Morgan fingerprint density at radius 1 is 0.905 bits per heavy atom. The molecule has 0 aliphatic rings. The second-order valence-corrected chi connectivity index (χ2v) is 5.43. The number of unbranched alkanes of at least 4 members (excludes halogenated alkanes) is 1. The van der Waals surface area contributed by atoms with Gasteiger partial charge in [-0.3, -0.25) is 4.79 Å². The topological polar surface area (TPSA) is 44.8 Å². The minimum atomic E-state index is -0.126. The second-order valence-electron chi connectivity index (χ2n) is 5.43. The first-order valence-electron chi connectivity index (χ1n) is 8.55. The first-order valence-corrected chi connectivity index (χ1v) is 8.55. The molecule has 0 bridgehead atoms. The molecule has 0 spiro atoms. The van der Waals surface area contributed by atoms with Crippen LogP contribution in [0.15, 0.2) is 0 Å². The van der Waals surface area contributed by atoms with E-state index >= 15 is 0 Å². The molecule has 0 amide bonds. The summed E-state index contributed by atoms with van der Waals surface area (Å²) in [7, 11) is 0. The molecule has 126 valence electrons. The monoisotopic (exact) mass is 302 g/mol. The molecule has 0 aromatic heterocycles. The molecule has 0 fully saturated rings. The van der Waals surface area contributed by atoms with E-state index in [9.17, 15) is 4.79 Å². The predicted octanol–water partition coefficient (Wildman–Crippen LogP) is 3.97. The summed E-state index contributed by atoms with van der Waals surface area (Å²) in [6.45, 7) is 9.63. The number of esters is 1. The summed E-state index contributed by atoms with van der Waals surface area (Å²) in [6, 6.07) is 0. The molecule has 21 heavy (non-hydrogen) atoms. The molecule has 0 rings (SSSR count). The van der Waals surface area contributed by atoms with Gasteiger partial charge in [0.1, 0.15) is 0 Å². The fourth-order valence-corrected chi connectivity index (χ4v) is 1.97. The zero-order valence-corrected chi connectivity index (χ0v) is 14.2. The molecule has 0 saturated heterocycles. The van der Waals surface area contributed by atoms with Crippen molar-refractivity contribution in [2.45, 2.75) is 65.7 Å². The maximum Gasteiger partial charge on any atom is 0.305 e. The average Bonchev–Trinajstić information content (AvgIpc) is 2.50. The minimum absolute atomic E-state index is 0.126. The van der Waals surface area contributed by atoms with Gasteiger partial charge in [0.25, 0.3) is 0 Å². The highest BCUT2D eigenvalue weighted by atomic mass is 16.5. The molecule has 0 saturated carbocycles. The maximum atomic E-state index is 11.2. The van der Waals surface area contributed by atoms with Gasteiger partial charge in [0.2, 0.25) is 0 Å². The highest BCUT2D eigenvalue weighted by Gasteiger charge is 2.05. The SMILES string of the molecule is CCCCC(CC)COCCOCCCC(=O)OCCC. The van der Waals surface area contributed by atoms with Gasteiger partial charge in [0, 0.05) is 19.6 Å². The Hall–Kier alpha value is -0.610. The third-order valence-electron chi connectivity index (χ3n) is 3.41. The van der Waals surface area contributed by atoms with Crippen LogP contribution in [0.25, 0.3) is 0 Å². The lowest BCUT2D eigenvalue weighted by molar-refractivity contribution is -0.144. The van der Waals surface area contributed by atoms with E-state index in [2.05, 4.69) is 13.8 Å². The van der Waals surface area contributed by atoms with Crippen molar-refractivity contribution in [2.24, 2.45) is 5.92 Å². The van der Waals surface area contributed by atoms with Gasteiger partial charge in [-0.1, -0.05) is 40.0 Å². The van der Waals surface area contributed by atoms with E-state index in [4.69, 9.17) is 14.2 Å². The molecule has 0 aliphatic carbocycles. The van der Waals surface area contributed by atoms with Crippen molar-refractivity contribution in [2.75, 3.05) is 33.0 Å². The highest BCUT2D eigenvalue weighted by Crippen LogP contribution is 2.12. The summed E-state index contributed by atoms with van der Waals surface area (Å²) >= 11 is 0. The van der Waals surface area contributed by atoms with Crippen molar-refractivity contribution < 1.29 is 19.0 Å². The number of rotatable bonds is 15. The van der Waals surface area contributed by atoms with E-state index in [0.717, 1.165) is 19.4 Å². The number of ether oxygens (including phenoxy) is 3. The fourth-order valence-electron chi connectivity index (χ4n) is 1.97. The van der Waals surface area contributed by atoms with Crippen molar-refractivity contribution in [1.82, 2.24) is 0 Å². The van der Waals surface area contributed by atoms with Crippen LogP contribution in [0.5, 0.6) is 0 Å². The van der Waals surface area contributed by atoms with E-state index in [0.29, 0.717) is 38.8 Å². The van der Waals surface area contributed by atoms with Crippen LogP contribution >= 0.6 is 0 Å². The van der Waals surface area contributed by atoms with Gasteiger partial charge in [-0.15, -0.1) is 0 Å². The molecule has 0 aromatic carbocycles. The largest absolute Gasteiger partial charge is 0.466 e. The zero-order valence-electron chi connectivity index (χ0n) is 14.2. The van der Waals surface area contributed by atoms with Gasteiger partial charge in [0.05, 0.1) is 19.8 Å². The molecular weight excluding hydrogens is 268 g/mol. The Morgan fingerprint density at radius 2 is 1.67 bits per heavy atom. The average molecular weight is 302 g/mol. The Labute approximate surface area is 130 Å². The number of carbonyl (C=O) groups excluding carboxylic acids is 1. The van der Waals surface area contributed by atoms with Crippen molar-refractivity contribution in [3.63, 3.8) is 0 Å². The summed E-state index contributed by atoms with van der Waals surface area (Å²) in [5, 5.41) is 0. The molecule has 1 atom stereocenters. The third-order valence-corrected chi connectivity index (χ3v) is 3.41. The summed E-state index contributed by atoms with van der Waals surface area (Å²) in [5.41, 5.74) is 0. The van der Waals surface area contributed by atoms with Crippen molar-refractivity contribution in [3.8, 4) is 0 Å². The zero-order chi connectivity index (χ0) is 15.8. The molecule has 0 radical (unpaired) electrons. The standard InChI is InChI=1S/C17H34O4/c1-4-7-9-16(6-3)15-20-14-13-19-12-8-10-17(18)21-11-5-2/h16H,4-15H2,1-3H3. The fraction of sp³-hybridized carbons (Fsp3) is 0.941. The van der Waals surface area contributed by atoms with Gasteiger partial charge in [0.15, 0.2) is 0 Å². The second kappa shape index (κ2) is 15.8. The third kappa shape index (κ3) is 14.1. The van der Waals surface area contributed by atoms with Crippen LogP contribution in [0.3, 0.4) is 0 Å². The first kappa shape index (κ1) is 20.4. The summed E-state index contributed by atoms with van der Waals surface area (Å²) in [4.78, 5) is 11.2. The number of carbonyl (C=O) groups is 1. The molecular formula is C17H34O4. The van der Waals surface area contributed by atoms with E-state index in [1.165, 1.54) is 25.7 Å². The molecule has 4 nitrogen and oxygen atoms in total. The van der Waals surface area contributed by atoms with Crippen LogP contribution in [-0.2, 0) is 19.0 Å². The van der Waals surface area contributed by atoms with Gasteiger partial charge in [-0.2, -0.15) is 0 Å². The predicted molar refractivity (Wildman–Crippen MR) is 85.4 cm³/mol. The molecule has 0 aromatic rings. The summed E-state index contributed by atoms with van der Waals surface area (Å²) in [6.07, 6.45) is 7.00. The van der Waals surface area contributed by atoms with E-state index in [1.807, 2.05) is 6.92 Å². The lowest BCUT2D eigenvalue weighted by Gasteiger charge is -2.14. The Balaban J connectivity index is 3.29. The molecule has 4 heteroatoms. The molecule has 0 heterocycles. The lowest BCUT2D eigenvalue weighted by atomic mass is 10.0. The van der Waals surface area contributed by atoms with Crippen LogP contribution in [0.4, 0.5) is 0 Å². The van der Waals surface area contributed by atoms with Crippen LogP contribution in [0.2, 0.25) is 0 Å². The van der Waals surface area contributed by atoms with Crippen molar-refractivity contribution in [1.29, 1.82) is 0 Å². The van der Waals surface area contributed by atoms with Gasteiger partial charge in [-0.25, -0.2) is 0 Å². The highest BCUT2D eigenvalue weighted by molar-refractivity contribution is 5.69. The minimum Gasteiger partial charge on any atom is -0.466 e. The van der Waals surface area contributed by atoms with Gasteiger partial charge in [-0.05, 0) is 25.2 Å². The van der Waals surface area contributed by atoms with Crippen molar-refractivity contribution in [3.05, 3.63) is 0 Å². The van der Waals surface area contributed by atoms with Gasteiger partial charge < -0.3 is 14.2 Å². The van der Waals surface area contributed by atoms with E-state index < -0.39 is 0 Å².